The maximum Gasteiger partial charge on any atom is 0.228 e. The van der Waals surface area contributed by atoms with Crippen LogP contribution in [0.5, 0.6) is 0 Å². The first kappa shape index (κ1) is 23.3. The van der Waals surface area contributed by atoms with E-state index in [4.69, 9.17) is 33.3 Å². The largest absolute Gasteiger partial charge is 0.436 e. The Balaban J connectivity index is 0.000000152. The van der Waals surface area contributed by atoms with Crippen LogP contribution in [0.1, 0.15) is 24.6 Å². The van der Waals surface area contributed by atoms with Gasteiger partial charge in [0.2, 0.25) is 11.8 Å². The first-order valence-corrected chi connectivity index (χ1v) is 11.0. The average molecular weight is 520 g/mol. The number of aromatic nitrogens is 2. The van der Waals surface area contributed by atoms with Crippen LogP contribution < -0.4 is 0 Å². The van der Waals surface area contributed by atoms with Crippen LogP contribution in [0.3, 0.4) is 0 Å². The molecule has 6 rings (SSSR count). The summed E-state index contributed by atoms with van der Waals surface area (Å²) in [5.41, 5.74) is 5.19. The van der Waals surface area contributed by atoms with Crippen molar-refractivity contribution in [3.05, 3.63) is 96.8 Å². The number of nitrogens with zero attached hydrogens (tertiary/aromatic N) is 2. The maximum atomic E-state index is 5.68. The van der Waals surface area contributed by atoms with Crippen LogP contribution >= 0.6 is 24.4 Å². The molecule has 4 aromatic rings. The standard InChI is InChI=1S/2C13H9NOS.Zn/c2*16-12-8-4-1-5-9(12)13-14-10-6-2-3-7-11(10)15-13;/h2*1-7H,8H2;. The number of para-hydroxylation sites is 4. The van der Waals surface area contributed by atoms with Crippen LogP contribution in [0.2, 0.25) is 0 Å². The van der Waals surface area contributed by atoms with Crippen LogP contribution in [-0.2, 0) is 19.5 Å². The number of benzene rings is 2. The molecule has 0 amide bonds. The van der Waals surface area contributed by atoms with Crippen molar-refractivity contribution in [2.24, 2.45) is 0 Å². The molecule has 0 unspecified atom stereocenters. The first-order valence-electron chi connectivity index (χ1n) is 10.2. The number of hydrogen-bond donors (Lipinski definition) is 0. The summed E-state index contributed by atoms with van der Waals surface area (Å²) in [7, 11) is 0. The average Bonchev–Trinajstić information content (AvgIpc) is 3.44. The van der Waals surface area contributed by atoms with Crippen LogP contribution in [0, 0.1) is 0 Å². The molecule has 2 aliphatic carbocycles. The minimum atomic E-state index is 0. The van der Waals surface area contributed by atoms with Gasteiger partial charge in [0, 0.05) is 42.0 Å². The van der Waals surface area contributed by atoms with E-state index in [1.807, 2.05) is 85.0 Å². The molecule has 2 aromatic heterocycles. The smallest absolute Gasteiger partial charge is 0.228 e. The van der Waals surface area contributed by atoms with Crippen molar-refractivity contribution in [3.8, 4) is 0 Å². The van der Waals surface area contributed by atoms with E-state index in [1.54, 1.807) is 0 Å². The Labute approximate surface area is 214 Å². The van der Waals surface area contributed by atoms with Gasteiger partial charge < -0.3 is 8.83 Å². The van der Waals surface area contributed by atoms with Crippen LogP contribution in [0.15, 0.2) is 93.8 Å². The number of rotatable bonds is 2. The molecule has 2 aromatic carbocycles. The quantitative estimate of drug-likeness (QED) is 0.208. The number of oxazole rings is 2. The summed E-state index contributed by atoms with van der Waals surface area (Å²) >= 11 is 10.6. The van der Waals surface area contributed by atoms with E-state index in [2.05, 4.69) is 9.97 Å². The normalized spacial score (nSPS) is 15.0. The molecule has 2 heterocycles. The SMILES string of the molecule is S=C1CC=CC=C1c1nc2ccccc2o1.S=C1CC=CC=C1c1nc2ccccc2o1.[Zn]. The van der Waals surface area contributed by atoms with E-state index in [-0.39, 0.29) is 19.5 Å². The molecule has 0 saturated heterocycles. The van der Waals surface area contributed by atoms with E-state index < -0.39 is 0 Å². The minimum Gasteiger partial charge on any atom is -0.436 e. The molecule has 0 bridgehead atoms. The molecule has 0 N–H and O–H groups in total. The molecule has 7 heteroatoms. The van der Waals surface area contributed by atoms with Crippen molar-refractivity contribution in [2.75, 3.05) is 0 Å². The van der Waals surface area contributed by atoms with Gasteiger partial charge in [0.15, 0.2) is 11.2 Å². The molecule has 33 heavy (non-hydrogen) atoms. The Hall–Kier alpha value is -2.86. The van der Waals surface area contributed by atoms with Gasteiger partial charge in [-0.05, 0) is 36.4 Å². The third kappa shape index (κ3) is 5.06. The zero-order valence-electron chi connectivity index (χ0n) is 17.7. The summed E-state index contributed by atoms with van der Waals surface area (Å²) in [5, 5.41) is 0. The van der Waals surface area contributed by atoms with E-state index in [0.29, 0.717) is 11.8 Å². The first-order chi connectivity index (χ1) is 15.7. The third-order valence-corrected chi connectivity index (χ3v) is 5.83. The molecular weight excluding hydrogens is 502 g/mol. The summed E-state index contributed by atoms with van der Waals surface area (Å²) in [6, 6.07) is 15.5. The molecule has 0 aliphatic heterocycles. The van der Waals surface area contributed by atoms with Crippen LogP contribution in [0.4, 0.5) is 0 Å². The predicted molar refractivity (Wildman–Crippen MR) is 137 cm³/mol. The fourth-order valence-electron chi connectivity index (χ4n) is 3.44. The van der Waals surface area contributed by atoms with Crippen molar-refractivity contribution in [1.29, 1.82) is 0 Å². The topological polar surface area (TPSA) is 52.1 Å². The molecule has 0 atom stereocenters. The zero-order chi connectivity index (χ0) is 21.9. The molecule has 2 aliphatic rings. The van der Waals surface area contributed by atoms with Gasteiger partial charge >= 0.3 is 0 Å². The summed E-state index contributed by atoms with van der Waals surface area (Å²) in [4.78, 5) is 10.6. The molecule has 158 valence electrons. The fraction of sp³-hybridized carbons (Fsp3) is 0.0769. The minimum absolute atomic E-state index is 0. The molecule has 0 radical (unpaired) electrons. The Morgan fingerprint density at radius 3 is 1.45 bits per heavy atom. The maximum absolute atomic E-state index is 5.68. The summed E-state index contributed by atoms with van der Waals surface area (Å²) < 4.78 is 11.4. The Kier molecular flexibility index (Phi) is 7.34. The van der Waals surface area contributed by atoms with Gasteiger partial charge in [0.1, 0.15) is 11.0 Å². The van der Waals surface area contributed by atoms with Gasteiger partial charge in [0.25, 0.3) is 0 Å². The van der Waals surface area contributed by atoms with E-state index in [9.17, 15) is 0 Å². The number of thiocarbonyl (C=S) groups is 2. The predicted octanol–water partition coefficient (Wildman–Crippen LogP) is 7.08. The van der Waals surface area contributed by atoms with Crippen molar-refractivity contribution in [2.45, 2.75) is 12.8 Å². The number of hydrogen-bond acceptors (Lipinski definition) is 6. The zero-order valence-corrected chi connectivity index (χ0v) is 22.3. The Bertz CT molecular complexity index is 1300. The molecule has 0 fully saturated rings. The molecule has 4 nitrogen and oxygen atoms in total. The van der Waals surface area contributed by atoms with Crippen molar-refractivity contribution in [1.82, 2.24) is 9.97 Å². The Morgan fingerprint density at radius 1 is 0.636 bits per heavy atom. The van der Waals surface area contributed by atoms with E-state index in [0.717, 1.165) is 55.9 Å². The molecule has 0 saturated carbocycles. The second kappa shape index (κ2) is 10.4. The van der Waals surface area contributed by atoms with Crippen LogP contribution in [0.25, 0.3) is 33.3 Å². The van der Waals surface area contributed by atoms with Gasteiger partial charge in [-0.25, -0.2) is 9.97 Å². The summed E-state index contributed by atoms with van der Waals surface area (Å²) in [5.74, 6) is 1.24. The second-order valence-electron chi connectivity index (χ2n) is 7.25. The van der Waals surface area contributed by atoms with Gasteiger partial charge in [-0.15, -0.1) is 0 Å². The van der Waals surface area contributed by atoms with Crippen molar-refractivity contribution < 1.29 is 28.3 Å². The molecule has 0 spiro atoms. The van der Waals surface area contributed by atoms with Crippen molar-refractivity contribution in [3.63, 3.8) is 0 Å². The van der Waals surface area contributed by atoms with Gasteiger partial charge in [-0.1, -0.05) is 73.0 Å². The second-order valence-corrected chi connectivity index (χ2v) is 8.23. The summed E-state index contributed by atoms with van der Waals surface area (Å²) in [6.07, 6.45) is 13.5. The number of fused-ring (bicyclic) bond motifs is 2. The van der Waals surface area contributed by atoms with Gasteiger partial charge in [0.05, 0.1) is 11.1 Å². The fourth-order valence-corrected chi connectivity index (χ4v) is 3.94. The summed E-state index contributed by atoms with van der Waals surface area (Å²) in [6.45, 7) is 0. The molecular formula is C26H18N2O2S2Zn. The number of allylic oxidation sites excluding steroid dienone is 8. The van der Waals surface area contributed by atoms with E-state index in [1.165, 1.54) is 0 Å². The van der Waals surface area contributed by atoms with Gasteiger partial charge in [-0.2, -0.15) is 0 Å². The van der Waals surface area contributed by atoms with Crippen LogP contribution in [-0.4, -0.2) is 19.7 Å². The van der Waals surface area contributed by atoms with E-state index >= 15 is 0 Å². The van der Waals surface area contributed by atoms with Gasteiger partial charge in [-0.3, -0.25) is 0 Å². The monoisotopic (exact) mass is 518 g/mol. The Morgan fingerprint density at radius 2 is 1.06 bits per heavy atom. The van der Waals surface area contributed by atoms with Crippen molar-refractivity contribution >= 4 is 67.5 Å². The third-order valence-electron chi connectivity index (χ3n) is 5.05.